The molecule has 1 aromatic carbocycles. The van der Waals surface area contributed by atoms with Crippen molar-refractivity contribution in [1.82, 2.24) is 0 Å². The number of benzene rings is 1. The first-order chi connectivity index (χ1) is 6.54. The molecule has 0 aliphatic heterocycles. The first-order valence-corrected chi connectivity index (χ1v) is 4.54. The van der Waals surface area contributed by atoms with E-state index in [2.05, 4.69) is 0 Å². The van der Waals surface area contributed by atoms with Gasteiger partial charge in [-0.25, -0.2) is 4.39 Å². The van der Waals surface area contributed by atoms with Crippen LogP contribution in [0.5, 0.6) is 11.5 Å². The molecule has 0 unspecified atom stereocenters. The Morgan fingerprint density at radius 1 is 1.29 bits per heavy atom. The van der Waals surface area contributed by atoms with Gasteiger partial charge in [0.15, 0.2) is 11.5 Å². The van der Waals surface area contributed by atoms with Crippen LogP contribution in [-0.2, 0) is 5.54 Å². The molecule has 1 saturated carbocycles. The molecule has 0 bridgehead atoms. The minimum Gasteiger partial charge on any atom is -0.504 e. The van der Waals surface area contributed by atoms with Crippen molar-refractivity contribution < 1.29 is 14.6 Å². The van der Waals surface area contributed by atoms with Gasteiger partial charge >= 0.3 is 0 Å². The molecule has 0 heterocycles. The lowest BCUT2D eigenvalue weighted by atomic mass is 9.72. The van der Waals surface area contributed by atoms with E-state index in [0.717, 1.165) is 18.6 Å². The van der Waals surface area contributed by atoms with Crippen LogP contribution in [0.3, 0.4) is 0 Å². The van der Waals surface area contributed by atoms with E-state index in [1.807, 2.05) is 0 Å². The molecule has 0 aromatic heterocycles. The van der Waals surface area contributed by atoms with E-state index in [9.17, 15) is 14.6 Å². The monoisotopic (exact) mass is 197 g/mol. The zero-order chi connectivity index (χ0) is 10.3. The van der Waals surface area contributed by atoms with Crippen molar-refractivity contribution >= 4 is 0 Å². The summed E-state index contributed by atoms with van der Waals surface area (Å²) in [5.41, 5.74) is 5.13. The van der Waals surface area contributed by atoms with E-state index in [4.69, 9.17) is 5.73 Å². The number of rotatable bonds is 1. The highest BCUT2D eigenvalue weighted by molar-refractivity contribution is 5.49. The molecule has 0 spiro atoms. The molecule has 4 heteroatoms. The molecule has 0 amide bonds. The Bertz CT molecular complexity index is 375. The third kappa shape index (κ3) is 1.14. The summed E-state index contributed by atoms with van der Waals surface area (Å²) >= 11 is 0. The summed E-state index contributed by atoms with van der Waals surface area (Å²) < 4.78 is 13.4. The maximum absolute atomic E-state index is 13.4. The van der Waals surface area contributed by atoms with Gasteiger partial charge in [-0.1, -0.05) is 0 Å². The Hall–Kier alpha value is -1.29. The Morgan fingerprint density at radius 2 is 1.93 bits per heavy atom. The molecule has 4 N–H and O–H groups in total. The van der Waals surface area contributed by atoms with Crippen LogP contribution in [0.25, 0.3) is 0 Å². The topological polar surface area (TPSA) is 66.5 Å². The maximum Gasteiger partial charge on any atom is 0.165 e. The van der Waals surface area contributed by atoms with Crippen molar-refractivity contribution in [3.8, 4) is 11.5 Å². The third-order valence-corrected chi connectivity index (χ3v) is 2.85. The van der Waals surface area contributed by atoms with Gasteiger partial charge in [-0.2, -0.15) is 0 Å². The SMILES string of the molecule is NC1(c2c(F)ccc(O)c2O)CCC1. The number of aromatic hydroxyl groups is 2. The minimum absolute atomic E-state index is 0.0451. The van der Waals surface area contributed by atoms with Crippen molar-refractivity contribution in [2.24, 2.45) is 5.73 Å². The average Bonchev–Trinajstić information content (AvgIpc) is 2.09. The molecule has 1 aliphatic rings. The highest BCUT2D eigenvalue weighted by Crippen LogP contribution is 2.46. The van der Waals surface area contributed by atoms with Gasteiger partial charge in [-0.15, -0.1) is 0 Å². The highest BCUT2D eigenvalue weighted by atomic mass is 19.1. The van der Waals surface area contributed by atoms with E-state index < -0.39 is 17.1 Å². The number of halogens is 1. The molecular weight excluding hydrogens is 185 g/mol. The molecule has 1 aromatic rings. The van der Waals surface area contributed by atoms with Crippen molar-refractivity contribution in [3.05, 3.63) is 23.5 Å². The predicted octanol–water partition coefficient (Wildman–Crippen LogP) is 1.57. The molecule has 1 aliphatic carbocycles. The molecule has 0 radical (unpaired) electrons. The predicted molar refractivity (Wildman–Crippen MR) is 49.4 cm³/mol. The van der Waals surface area contributed by atoms with E-state index >= 15 is 0 Å². The first-order valence-electron chi connectivity index (χ1n) is 4.54. The molecular formula is C10H12FNO2. The van der Waals surface area contributed by atoms with Crippen LogP contribution in [-0.4, -0.2) is 10.2 Å². The minimum atomic E-state index is -0.799. The Morgan fingerprint density at radius 3 is 2.43 bits per heavy atom. The number of phenolic OH excluding ortho intramolecular Hbond substituents is 2. The summed E-state index contributed by atoms with van der Waals surface area (Å²) in [6.07, 6.45) is 2.20. The third-order valence-electron chi connectivity index (χ3n) is 2.85. The van der Waals surface area contributed by atoms with Crippen LogP contribution in [0, 0.1) is 5.82 Å². The molecule has 3 nitrogen and oxygen atoms in total. The lowest BCUT2D eigenvalue weighted by molar-refractivity contribution is 0.234. The summed E-state index contributed by atoms with van der Waals surface area (Å²) in [6, 6.07) is 2.24. The lowest BCUT2D eigenvalue weighted by Gasteiger charge is -2.39. The van der Waals surface area contributed by atoms with E-state index in [0.29, 0.717) is 12.8 Å². The summed E-state index contributed by atoms with van der Waals surface area (Å²) in [6.45, 7) is 0. The molecule has 2 rings (SSSR count). The van der Waals surface area contributed by atoms with Crippen LogP contribution in [0.15, 0.2) is 12.1 Å². The van der Waals surface area contributed by atoms with Crippen molar-refractivity contribution in [2.45, 2.75) is 24.8 Å². The summed E-state index contributed by atoms with van der Waals surface area (Å²) in [7, 11) is 0. The molecule has 0 atom stereocenters. The largest absolute Gasteiger partial charge is 0.504 e. The van der Waals surface area contributed by atoms with Gasteiger partial charge in [0.2, 0.25) is 0 Å². The number of hydrogen-bond donors (Lipinski definition) is 3. The van der Waals surface area contributed by atoms with Crippen molar-refractivity contribution in [3.63, 3.8) is 0 Å². The standard InChI is InChI=1S/C10H12FNO2/c11-6-2-3-7(13)9(14)8(6)10(12)4-1-5-10/h2-3,13-14H,1,4-5,12H2. The van der Waals surface area contributed by atoms with E-state index in [1.54, 1.807) is 0 Å². The summed E-state index contributed by atoms with van der Waals surface area (Å²) in [4.78, 5) is 0. The lowest BCUT2D eigenvalue weighted by Crippen LogP contribution is -2.44. The van der Waals surface area contributed by atoms with Crippen LogP contribution in [0.4, 0.5) is 4.39 Å². The van der Waals surface area contributed by atoms with Gasteiger partial charge < -0.3 is 15.9 Å². The van der Waals surface area contributed by atoms with Gasteiger partial charge in [0.1, 0.15) is 5.82 Å². The highest BCUT2D eigenvalue weighted by Gasteiger charge is 2.39. The first kappa shape index (κ1) is 9.27. The second-order valence-electron chi connectivity index (χ2n) is 3.80. The smallest absolute Gasteiger partial charge is 0.165 e. The quantitative estimate of drug-likeness (QED) is 0.599. The fourth-order valence-electron chi connectivity index (χ4n) is 1.84. The van der Waals surface area contributed by atoms with E-state index in [1.165, 1.54) is 0 Å². The Balaban J connectivity index is 2.56. The normalized spacial score (nSPS) is 19.0. The zero-order valence-electron chi connectivity index (χ0n) is 7.63. The second-order valence-corrected chi connectivity index (χ2v) is 3.80. The summed E-state index contributed by atoms with van der Waals surface area (Å²) in [5, 5.41) is 18.7. The van der Waals surface area contributed by atoms with Crippen molar-refractivity contribution in [2.75, 3.05) is 0 Å². The van der Waals surface area contributed by atoms with Crippen LogP contribution in [0.2, 0.25) is 0 Å². The number of phenols is 2. The fourth-order valence-corrected chi connectivity index (χ4v) is 1.84. The number of nitrogens with two attached hydrogens (primary N) is 1. The van der Waals surface area contributed by atoms with E-state index in [-0.39, 0.29) is 11.3 Å². The average molecular weight is 197 g/mol. The zero-order valence-corrected chi connectivity index (χ0v) is 7.63. The van der Waals surface area contributed by atoms with Gasteiger partial charge in [0.25, 0.3) is 0 Å². The van der Waals surface area contributed by atoms with Gasteiger partial charge in [0, 0.05) is 5.54 Å². The molecule has 14 heavy (non-hydrogen) atoms. The molecule has 76 valence electrons. The van der Waals surface area contributed by atoms with Gasteiger partial charge in [0.05, 0.1) is 5.56 Å². The fraction of sp³-hybridized carbons (Fsp3) is 0.400. The number of hydrogen-bond acceptors (Lipinski definition) is 3. The molecule has 1 fully saturated rings. The van der Waals surface area contributed by atoms with Gasteiger partial charge in [-0.3, -0.25) is 0 Å². The van der Waals surface area contributed by atoms with Gasteiger partial charge in [-0.05, 0) is 31.4 Å². The van der Waals surface area contributed by atoms with Crippen LogP contribution < -0.4 is 5.73 Å². The van der Waals surface area contributed by atoms with Crippen LogP contribution in [0.1, 0.15) is 24.8 Å². The Kier molecular flexibility index (Phi) is 1.89. The van der Waals surface area contributed by atoms with Crippen LogP contribution >= 0.6 is 0 Å². The summed E-state index contributed by atoms with van der Waals surface area (Å²) in [5.74, 6) is -1.30. The van der Waals surface area contributed by atoms with Crippen molar-refractivity contribution in [1.29, 1.82) is 0 Å². The second kappa shape index (κ2) is 2.85. The Labute approximate surface area is 81.0 Å². The molecule has 0 saturated heterocycles. The maximum atomic E-state index is 13.4.